The van der Waals surface area contributed by atoms with Crippen LogP contribution in [0, 0.1) is 0 Å². The normalized spacial score (nSPS) is 14.7. The van der Waals surface area contributed by atoms with Gasteiger partial charge in [0.1, 0.15) is 12.0 Å². The fraction of sp³-hybridized carbons (Fsp3) is 0.333. The summed E-state index contributed by atoms with van der Waals surface area (Å²) in [4.78, 5) is 10.5. The Morgan fingerprint density at radius 1 is 1.46 bits per heavy atom. The molecule has 0 unspecified atom stereocenters. The van der Waals surface area contributed by atoms with E-state index in [9.17, 15) is 13.2 Å². The Bertz CT molecular complexity index is 397. The number of alkyl halides is 3. The number of imidazole rings is 1. The van der Waals surface area contributed by atoms with Crippen molar-refractivity contribution in [3.63, 3.8) is 0 Å². The summed E-state index contributed by atoms with van der Waals surface area (Å²) in [6, 6.07) is 2.13. The van der Waals surface area contributed by atoms with E-state index in [4.69, 9.17) is 0 Å². The number of rotatable bonds is 0. The van der Waals surface area contributed by atoms with Gasteiger partial charge in [-0.05, 0) is 0 Å². The van der Waals surface area contributed by atoms with E-state index in [1.54, 1.807) is 0 Å². The van der Waals surface area contributed by atoms with Gasteiger partial charge in [-0.25, -0.2) is 14.5 Å². The molecule has 0 bridgehead atoms. The first-order valence-corrected chi connectivity index (χ1v) is 3.34. The second-order valence-corrected chi connectivity index (χ2v) is 2.38. The van der Waals surface area contributed by atoms with Crippen molar-refractivity contribution >= 4 is 11.8 Å². The minimum absolute atomic E-state index is 0.0456. The highest BCUT2D eigenvalue weighted by molar-refractivity contribution is 5.55. The Kier molecular flexibility index (Phi) is 1.50. The van der Waals surface area contributed by atoms with E-state index in [0.717, 1.165) is 0 Å². The summed E-state index contributed by atoms with van der Waals surface area (Å²) in [6.45, 7) is 0.0991. The lowest BCUT2D eigenvalue weighted by atomic mass is 10.4. The zero-order chi connectivity index (χ0) is 9.47. The number of hydrogen-bond acceptors (Lipinski definition) is 3. The molecule has 68 valence electrons. The lowest BCUT2D eigenvalue weighted by Gasteiger charge is -2.08. The van der Waals surface area contributed by atoms with Gasteiger partial charge in [-0.3, -0.25) is 0 Å². The molecule has 1 aromatic rings. The topological polar surface area (TPSA) is 42.5 Å². The number of aliphatic imine (C=N–C) groups is 2. The molecular formula is C6H3F3N4. The lowest BCUT2D eigenvalue weighted by molar-refractivity contribution is -0.202. The van der Waals surface area contributed by atoms with Crippen LogP contribution in [0.2, 0.25) is 0 Å². The summed E-state index contributed by atoms with van der Waals surface area (Å²) in [6.07, 6.45) is -3.79. The SMILES string of the molecule is FC(F)(F)n1cnc2c1N=C=NC2. The molecule has 0 saturated heterocycles. The maximum absolute atomic E-state index is 12.2. The molecule has 2 rings (SSSR count). The summed E-state index contributed by atoms with van der Waals surface area (Å²) in [5, 5.41) is 0. The van der Waals surface area contributed by atoms with Gasteiger partial charge >= 0.3 is 6.30 Å². The van der Waals surface area contributed by atoms with E-state index in [2.05, 4.69) is 21.0 Å². The van der Waals surface area contributed by atoms with Crippen LogP contribution in [0.25, 0.3) is 0 Å². The Balaban J connectivity index is 2.57. The maximum atomic E-state index is 12.2. The highest BCUT2D eigenvalue weighted by atomic mass is 19.4. The van der Waals surface area contributed by atoms with E-state index in [-0.39, 0.29) is 22.6 Å². The van der Waals surface area contributed by atoms with Gasteiger partial charge in [-0.2, -0.15) is 4.99 Å². The second kappa shape index (κ2) is 2.43. The highest BCUT2D eigenvalue weighted by Gasteiger charge is 2.34. The number of hydrogen-bond donors (Lipinski definition) is 0. The monoisotopic (exact) mass is 188 g/mol. The van der Waals surface area contributed by atoms with Gasteiger partial charge in [0.25, 0.3) is 0 Å². The molecule has 1 aliphatic heterocycles. The summed E-state index contributed by atoms with van der Waals surface area (Å²) in [5.41, 5.74) is 0.219. The summed E-state index contributed by atoms with van der Waals surface area (Å²) < 4.78 is 36.7. The van der Waals surface area contributed by atoms with Crippen LogP contribution >= 0.6 is 0 Å². The average molecular weight is 188 g/mol. The van der Waals surface area contributed by atoms with E-state index in [1.807, 2.05) is 0 Å². The molecule has 0 aliphatic carbocycles. The fourth-order valence-corrected chi connectivity index (χ4v) is 0.987. The van der Waals surface area contributed by atoms with Crippen molar-refractivity contribution in [2.75, 3.05) is 0 Å². The minimum Gasteiger partial charge on any atom is -0.237 e. The van der Waals surface area contributed by atoms with Crippen LogP contribution in [-0.2, 0) is 12.8 Å². The van der Waals surface area contributed by atoms with Crippen LogP contribution in [0.15, 0.2) is 16.3 Å². The summed E-state index contributed by atoms with van der Waals surface area (Å²) >= 11 is 0. The Morgan fingerprint density at radius 3 is 2.92 bits per heavy atom. The molecule has 0 saturated carbocycles. The third-order valence-electron chi connectivity index (χ3n) is 1.54. The van der Waals surface area contributed by atoms with Crippen LogP contribution in [0.5, 0.6) is 0 Å². The third kappa shape index (κ3) is 1.23. The highest BCUT2D eigenvalue weighted by Crippen LogP contribution is 2.31. The first-order chi connectivity index (χ1) is 6.09. The van der Waals surface area contributed by atoms with Crippen molar-refractivity contribution in [1.82, 2.24) is 9.55 Å². The van der Waals surface area contributed by atoms with E-state index >= 15 is 0 Å². The Labute approximate surface area is 70.4 Å². The fourth-order valence-electron chi connectivity index (χ4n) is 0.987. The van der Waals surface area contributed by atoms with Crippen LogP contribution in [0.3, 0.4) is 0 Å². The predicted octanol–water partition coefficient (Wildman–Crippen LogP) is 1.68. The predicted molar refractivity (Wildman–Crippen MR) is 36.8 cm³/mol. The van der Waals surface area contributed by atoms with Gasteiger partial charge in [-0.15, -0.1) is 13.2 Å². The van der Waals surface area contributed by atoms with Crippen molar-refractivity contribution in [2.24, 2.45) is 9.98 Å². The molecule has 0 radical (unpaired) electrons. The molecule has 0 N–H and O–H groups in total. The molecule has 2 heterocycles. The minimum atomic E-state index is -4.48. The van der Waals surface area contributed by atoms with Gasteiger partial charge in [0.2, 0.25) is 0 Å². The largest absolute Gasteiger partial charge is 0.491 e. The molecule has 7 heteroatoms. The van der Waals surface area contributed by atoms with Crippen molar-refractivity contribution in [1.29, 1.82) is 0 Å². The molecule has 1 aliphatic rings. The van der Waals surface area contributed by atoms with E-state index < -0.39 is 6.30 Å². The van der Waals surface area contributed by atoms with E-state index in [1.165, 1.54) is 0 Å². The van der Waals surface area contributed by atoms with Gasteiger partial charge in [0.15, 0.2) is 5.82 Å². The molecule has 0 aromatic carbocycles. The van der Waals surface area contributed by atoms with Gasteiger partial charge in [0, 0.05) is 0 Å². The molecule has 13 heavy (non-hydrogen) atoms. The second-order valence-electron chi connectivity index (χ2n) is 2.38. The van der Waals surface area contributed by atoms with Crippen molar-refractivity contribution in [3.8, 4) is 0 Å². The number of halogens is 3. The lowest BCUT2D eigenvalue weighted by Crippen LogP contribution is -2.15. The molecule has 0 amide bonds. The number of fused-ring (bicyclic) bond motifs is 1. The van der Waals surface area contributed by atoms with Gasteiger partial charge in [0.05, 0.1) is 12.6 Å². The van der Waals surface area contributed by atoms with Gasteiger partial charge in [-0.1, -0.05) is 0 Å². The first kappa shape index (κ1) is 8.00. The van der Waals surface area contributed by atoms with Gasteiger partial charge < -0.3 is 0 Å². The average Bonchev–Trinajstić information content (AvgIpc) is 2.45. The molecular weight excluding hydrogens is 185 g/mol. The molecule has 0 spiro atoms. The van der Waals surface area contributed by atoms with Crippen LogP contribution in [0.1, 0.15) is 5.69 Å². The summed E-state index contributed by atoms with van der Waals surface area (Å²) in [7, 11) is 0. The van der Waals surface area contributed by atoms with Crippen LogP contribution in [0.4, 0.5) is 19.0 Å². The first-order valence-electron chi connectivity index (χ1n) is 3.34. The van der Waals surface area contributed by atoms with Crippen LogP contribution in [-0.4, -0.2) is 15.6 Å². The quantitative estimate of drug-likeness (QED) is 0.610. The molecule has 1 aromatic heterocycles. The molecule has 4 nitrogen and oxygen atoms in total. The van der Waals surface area contributed by atoms with Crippen LogP contribution < -0.4 is 0 Å². The zero-order valence-electron chi connectivity index (χ0n) is 6.21. The van der Waals surface area contributed by atoms with Crippen molar-refractivity contribution < 1.29 is 13.2 Å². The number of nitrogens with zero attached hydrogens (tertiary/aromatic N) is 4. The smallest absolute Gasteiger partial charge is 0.237 e. The zero-order valence-corrected chi connectivity index (χ0v) is 6.21. The number of aromatic nitrogens is 2. The Hall–Kier alpha value is -1.62. The molecule has 0 fully saturated rings. The third-order valence-corrected chi connectivity index (χ3v) is 1.54. The molecule has 0 atom stereocenters. The van der Waals surface area contributed by atoms with E-state index in [0.29, 0.717) is 6.33 Å². The Morgan fingerprint density at radius 2 is 2.23 bits per heavy atom. The summed E-state index contributed by atoms with van der Waals surface area (Å²) in [5.74, 6) is -0.234. The maximum Gasteiger partial charge on any atom is 0.491 e. The standard InChI is InChI=1S/C6H3F3N4/c7-6(8,9)13-3-12-4-1-10-2-11-5(4)13/h3H,1H2. The van der Waals surface area contributed by atoms with Crippen molar-refractivity contribution in [2.45, 2.75) is 12.8 Å². The van der Waals surface area contributed by atoms with Crippen molar-refractivity contribution in [3.05, 3.63) is 12.0 Å².